The van der Waals surface area contributed by atoms with Gasteiger partial charge in [-0.1, -0.05) is 18.2 Å². The molecule has 0 spiro atoms. The molecule has 3 rings (SSSR count). The normalized spacial score (nSPS) is 15.3. The minimum Gasteiger partial charge on any atom is -0.275 e. The third-order valence-electron chi connectivity index (χ3n) is 3.12. The van der Waals surface area contributed by atoms with Crippen molar-refractivity contribution in [1.82, 2.24) is 15.3 Å². The lowest BCUT2D eigenvalue weighted by Crippen LogP contribution is -2.24. The van der Waals surface area contributed by atoms with Gasteiger partial charge in [0.2, 0.25) is 5.91 Å². The highest BCUT2D eigenvalue weighted by molar-refractivity contribution is 6.03. The number of carbonyl (C=O) groups excluding carboxylic acids is 2. The van der Waals surface area contributed by atoms with Gasteiger partial charge in [0.1, 0.15) is 6.54 Å². The van der Waals surface area contributed by atoms with Gasteiger partial charge in [-0.2, -0.15) is 5.10 Å². The van der Waals surface area contributed by atoms with Gasteiger partial charge < -0.3 is 0 Å². The van der Waals surface area contributed by atoms with Crippen molar-refractivity contribution in [2.45, 2.75) is 6.92 Å². The topological polar surface area (TPSA) is 74.7 Å². The van der Waals surface area contributed by atoms with E-state index >= 15 is 0 Å². The van der Waals surface area contributed by atoms with E-state index in [1.807, 2.05) is 31.2 Å². The molecule has 0 aliphatic carbocycles. The first kappa shape index (κ1) is 12.3. The summed E-state index contributed by atoms with van der Waals surface area (Å²) in [6.45, 7) is 1.94. The van der Waals surface area contributed by atoms with Crippen LogP contribution >= 0.6 is 0 Å². The van der Waals surface area contributed by atoms with Gasteiger partial charge in [0.15, 0.2) is 0 Å². The lowest BCUT2D eigenvalue weighted by molar-refractivity contribution is -0.118. The fourth-order valence-corrected chi connectivity index (χ4v) is 2.10. The van der Waals surface area contributed by atoms with Crippen LogP contribution in [0.15, 0.2) is 35.6 Å². The average Bonchev–Trinajstić information content (AvgIpc) is 2.77. The number of pyridine rings is 1. The Morgan fingerprint density at radius 3 is 2.95 bits per heavy atom. The minimum atomic E-state index is -0.499. The van der Waals surface area contributed by atoms with E-state index in [0.717, 1.165) is 27.0 Å². The van der Waals surface area contributed by atoms with Crippen molar-refractivity contribution < 1.29 is 9.59 Å². The summed E-state index contributed by atoms with van der Waals surface area (Å²) in [5.74, 6) is -0.345. The largest absolute Gasteiger partial charge is 0.344 e. The molecule has 1 aliphatic rings. The van der Waals surface area contributed by atoms with Crippen LogP contribution in [0.1, 0.15) is 11.1 Å². The van der Waals surface area contributed by atoms with Crippen LogP contribution in [-0.4, -0.2) is 34.7 Å². The summed E-state index contributed by atoms with van der Waals surface area (Å²) in [4.78, 5) is 26.8. The van der Waals surface area contributed by atoms with E-state index in [0.29, 0.717) is 0 Å². The molecule has 6 heteroatoms. The Balaban J connectivity index is 1.97. The number of fused-ring (bicyclic) bond motifs is 1. The minimum absolute atomic E-state index is 0.0443. The number of hydrazone groups is 1. The maximum atomic E-state index is 11.4. The van der Waals surface area contributed by atoms with Crippen molar-refractivity contribution in [3.8, 4) is 0 Å². The molecular weight excluding hydrogens is 256 g/mol. The van der Waals surface area contributed by atoms with Crippen LogP contribution in [0.5, 0.6) is 0 Å². The number of hydrogen-bond donors (Lipinski definition) is 1. The zero-order chi connectivity index (χ0) is 14.1. The van der Waals surface area contributed by atoms with Crippen LogP contribution in [0.25, 0.3) is 10.9 Å². The molecule has 0 unspecified atom stereocenters. The summed E-state index contributed by atoms with van der Waals surface area (Å²) in [6, 6.07) is 7.17. The van der Waals surface area contributed by atoms with Crippen molar-refractivity contribution in [2.75, 3.05) is 6.54 Å². The lowest BCUT2D eigenvalue weighted by Gasteiger charge is -2.06. The monoisotopic (exact) mass is 268 g/mol. The number of carbonyl (C=O) groups is 2. The van der Waals surface area contributed by atoms with Crippen molar-refractivity contribution in [3.05, 3.63) is 41.6 Å². The Labute approximate surface area is 115 Å². The summed E-state index contributed by atoms with van der Waals surface area (Å²) in [5.41, 5.74) is 2.83. The molecule has 1 fully saturated rings. The summed E-state index contributed by atoms with van der Waals surface area (Å²) in [7, 11) is 0. The number of amides is 3. The maximum Gasteiger partial charge on any atom is 0.344 e. The second kappa shape index (κ2) is 4.73. The lowest BCUT2D eigenvalue weighted by atomic mass is 10.1. The molecule has 2 aromatic rings. The maximum absolute atomic E-state index is 11.4. The average molecular weight is 268 g/mol. The molecule has 1 aliphatic heterocycles. The quantitative estimate of drug-likeness (QED) is 0.661. The predicted molar refractivity (Wildman–Crippen MR) is 74.3 cm³/mol. The molecule has 0 radical (unpaired) electrons. The van der Waals surface area contributed by atoms with E-state index < -0.39 is 6.03 Å². The molecule has 2 heterocycles. The highest BCUT2D eigenvalue weighted by Gasteiger charge is 2.25. The molecule has 0 bridgehead atoms. The van der Waals surface area contributed by atoms with Gasteiger partial charge in [0.25, 0.3) is 0 Å². The van der Waals surface area contributed by atoms with Crippen molar-refractivity contribution in [1.29, 1.82) is 0 Å². The Kier molecular flexibility index (Phi) is 2.90. The molecule has 0 atom stereocenters. The fourth-order valence-electron chi connectivity index (χ4n) is 2.10. The number of rotatable bonds is 2. The molecule has 1 N–H and O–H groups in total. The highest BCUT2D eigenvalue weighted by Crippen LogP contribution is 2.19. The van der Waals surface area contributed by atoms with E-state index in [1.165, 1.54) is 0 Å². The molecule has 100 valence electrons. The molecule has 0 saturated carbocycles. The first-order valence-corrected chi connectivity index (χ1v) is 6.15. The second-order valence-electron chi connectivity index (χ2n) is 4.53. The molecule has 1 saturated heterocycles. The number of benzene rings is 1. The first-order chi connectivity index (χ1) is 9.65. The number of nitrogens with zero attached hydrogens (tertiary/aromatic N) is 3. The molecule has 3 amide bonds. The number of hydrogen-bond acceptors (Lipinski definition) is 4. The van der Waals surface area contributed by atoms with Gasteiger partial charge >= 0.3 is 6.03 Å². The van der Waals surface area contributed by atoms with Crippen LogP contribution in [0, 0.1) is 6.92 Å². The van der Waals surface area contributed by atoms with Crippen molar-refractivity contribution in [3.63, 3.8) is 0 Å². The standard InChI is InChI=1S/C14H12N4O2/c1-9-4-5-10(11-3-2-6-15-13(9)11)7-16-18-8-12(19)17-14(18)20/h2-7H,8H2,1H3,(H,17,19,20)/b16-7+. The molecule has 6 nitrogen and oxygen atoms in total. The highest BCUT2D eigenvalue weighted by atomic mass is 16.2. The Bertz CT molecular complexity index is 739. The summed E-state index contributed by atoms with van der Waals surface area (Å²) >= 11 is 0. The van der Waals surface area contributed by atoms with Crippen molar-refractivity contribution >= 4 is 29.1 Å². The Morgan fingerprint density at radius 1 is 1.35 bits per heavy atom. The summed E-state index contributed by atoms with van der Waals surface area (Å²) in [6.07, 6.45) is 3.31. The van der Waals surface area contributed by atoms with Gasteiger partial charge in [-0.3, -0.25) is 15.1 Å². The van der Waals surface area contributed by atoms with Gasteiger partial charge in [-0.05, 0) is 18.6 Å². The molecule has 1 aromatic carbocycles. The van der Waals surface area contributed by atoms with E-state index in [2.05, 4.69) is 15.4 Å². The van der Waals surface area contributed by atoms with Crippen LogP contribution in [-0.2, 0) is 4.79 Å². The van der Waals surface area contributed by atoms with Gasteiger partial charge in [-0.25, -0.2) is 9.80 Å². The number of aryl methyl sites for hydroxylation is 1. The Hall–Kier alpha value is -2.76. The van der Waals surface area contributed by atoms with Crippen LogP contribution in [0.3, 0.4) is 0 Å². The zero-order valence-electron chi connectivity index (χ0n) is 10.8. The predicted octanol–water partition coefficient (Wildman–Crippen LogP) is 1.43. The third-order valence-corrected chi connectivity index (χ3v) is 3.12. The first-order valence-electron chi connectivity index (χ1n) is 6.15. The van der Waals surface area contributed by atoms with Gasteiger partial charge in [0.05, 0.1) is 11.7 Å². The van der Waals surface area contributed by atoms with Crippen LogP contribution < -0.4 is 5.32 Å². The van der Waals surface area contributed by atoms with Crippen LogP contribution in [0.2, 0.25) is 0 Å². The van der Waals surface area contributed by atoms with Gasteiger partial charge in [-0.15, -0.1) is 0 Å². The summed E-state index contributed by atoms with van der Waals surface area (Å²) in [5, 5.41) is 8.29. The fraction of sp³-hybridized carbons (Fsp3) is 0.143. The number of imide groups is 1. The number of nitrogens with one attached hydrogen (secondary N) is 1. The smallest absolute Gasteiger partial charge is 0.275 e. The van der Waals surface area contributed by atoms with E-state index in [1.54, 1.807) is 12.4 Å². The van der Waals surface area contributed by atoms with Gasteiger partial charge in [0, 0.05) is 17.1 Å². The number of urea groups is 1. The Morgan fingerprint density at radius 2 is 2.20 bits per heavy atom. The zero-order valence-corrected chi connectivity index (χ0v) is 10.8. The summed E-state index contributed by atoms with van der Waals surface area (Å²) < 4.78 is 0. The van der Waals surface area contributed by atoms with Crippen LogP contribution in [0.4, 0.5) is 4.79 Å². The van der Waals surface area contributed by atoms with E-state index in [4.69, 9.17) is 0 Å². The second-order valence-corrected chi connectivity index (χ2v) is 4.53. The van der Waals surface area contributed by atoms with Crippen molar-refractivity contribution in [2.24, 2.45) is 5.10 Å². The third kappa shape index (κ3) is 2.11. The molecule has 1 aromatic heterocycles. The van der Waals surface area contributed by atoms with E-state index in [9.17, 15) is 9.59 Å². The van der Waals surface area contributed by atoms with E-state index in [-0.39, 0.29) is 12.5 Å². The molecule has 20 heavy (non-hydrogen) atoms. The SMILES string of the molecule is Cc1ccc(/C=N/N2CC(=O)NC2=O)c2cccnc12. The number of aromatic nitrogens is 1. The molecular formula is C14H12N4O2.